The van der Waals surface area contributed by atoms with Crippen LogP contribution in [-0.4, -0.2) is 35.4 Å². The number of nitrogens with two attached hydrogens (primary N) is 2. The number of amides is 2. The van der Waals surface area contributed by atoms with Crippen LogP contribution in [0.25, 0.3) is 0 Å². The van der Waals surface area contributed by atoms with Gasteiger partial charge >= 0.3 is 12.4 Å². The summed E-state index contributed by atoms with van der Waals surface area (Å²) in [5.74, 6) is -2.25. The van der Waals surface area contributed by atoms with Crippen LogP contribution in [0.15, 0.2) is 23.2 Å². The molecule has 0 saturated heterocycles. The molecule has 0 saturated carbocycles. The first-order valence-corrected chi connectivity index (χ1v) is 8.01. The molecular formula is C16H16F6N4O2. The predicted molar refractivity (Wildman–Crippen MR) is 85.9 cm³/mol. The number of guanidine groups is 1. The summed E-state index contributed by atoms with van der Waals surface area (Å²) in [6.45, 7) is -0.395. The number of halogens is 6. The van der Waals surface area contributed by atoms with Gasteiger partial charge in [-0.15, -0.1) is 0 Å². The Hall–Kier alpha value is -2.79. The summed E-state index contributed by atoms with van der Waals surface area (Å²) in [6.07, 6.45) is -11.4. The topological polar surface area (TPSA) is 102 Å². The number of carbonyl (C=O) groups excluding carboxylic acids is 2. The highest BCUT2D eigenvalue weighted by Crippen LogP contribution is 2.40. The Morgan fingerprint density at radius 3 is 2.32 bits per heavy atom. The van der Waals surface area contributed by atoms with E-state index in [1.165, 1.54) is 0 Å². The fraction of sp³-hybridized carbons (Fsp3) is 0.438. The van der Waals surface area contributed by atoms with E-state index in [0.29, 0.717) is 12.1 Å². The molecule has 0 bridgehead atoms. The molecule has 1 aromatic carbocycles. The first-order chi connectivity index (χ1) is 12.8. The third kappa shape index (κ3) is 5.14. The van der Waals surface area contributed by atoms with Gasteiger partial charge in [0.25, 0.3) is 11.8 Å². The number of carbonyl (C=O) groups is 2. The lowest BCUT2D eigenvalue weighted by atomic mass is 9.99. The zero-order chi connectivity index (χ0) is 21.3. The minimum Gasteiger partial charge on any atom is -0.370 e. The number of hydrogen-bond acceptors (Lipinski definition) is 2. The second kappa shape index (κ2) is 7.68. The number of nitrogens with zero attached hydrogens (tertiary/aromatic N) is 2. The number of fused-ring (bicyclic) bond motifs is 1. The molecule has 1 aromatic rings. The predicted octanol–water partition coefficient (Wildman–Crippen LogP) is 2.73. The number of rotatable bonds is 5. The molecule has 1 unspecified atom stereocenters. The Morgan fingerprint density at radius 1 is 1.14 bits per heavy atom. The van der Waals surface area contributed by atoms with E-state index in [-0.39, 0.29) is 11.1 Å². The van der Waals surface area contributed by atoms with Crippen molar-refractivity contribution in [1.29, 1.82) is 0 Å². The van der Waals surface area contributed by atoms with Crippen LogP contribution in [0.4, 0.5) is 26.3 Å². The summed E-state index contributed by atoms with van der Waals surface area (Å²) in [5.41, 5.74) is 8.91. The highest BCUT2D eigenvalue weighted by Gasteiger charge is 2.41. The molecule has 28 heavy (non-hydrogen) atoms. The average Bonchev–Trinajstić information content (AvgIpc) is 2.77. The van der Waals surface area contributed by atoms with Crippen molar-refractivity contribution in [2.24, 2.45) is 16.5 Å². The van der Waals surface area contributed by atoms with E-state index in [1.807, 2.05) is 0 Å². The van der Waals surface area contributed by atoms with Crippen LogP contribution in [-0.2, 0) is 11.0 Å². The van der Waals surface area contributed by atoms with E-state index < -0.39 is 67.5 Å². The summed E-state index contributed by atoms with van der Waals surface area (Å²) < 4.78 is 76.2. The molecule has 1 aliphatic heterocycles. The summed E-state index contributed by atoms with van der Waals surface area (Å²) in [5, 5.41) is 0. The van der Waals surface area contributed by atoms with Gasteiger partial charge in [0, 0.05) is 18.5 Å². The first kappa shape index (κ1) is 21.5. The lowest BCUT2D eigenvalue weighted by Gasteiger charge is -2.25. The lowest BCUT2D eigenvalue weighted by Crippen LogP contribution is -2.31. The van der Waals surface area contributed by atoms with E-state index in [1.54, 1.807) is 0 Å². The third-order valence-electron chi connectivity index (χ3n) is 4.09. The smallest absolute Gasteiger partial charge is 0.370 e. The van der Waals surface area contributed by atoms with Gasteiger partial charge < -0.3 is 16.4 Å². The highest BCUT2D eigenvalue weighted by atomic mass is 19.4. The second-order valence-electron chi connectivity index (χ2n) is 6.17. The van der Waals surface area contributed by atoms with Crippen LogP contribution in [0.3, 0.4) is 0 Å². The van der Waals surface area contributed by atoms with Gasteiger partial charge in [0.15, 0.2) is 5.96 Å². The molecule has 12 heteroatoms. The molecule has 0 aliphatic carbocycles. The minimum absolute atomic E-state index is 0.106. The van der Waals surface area contributed by atoms with E-state index >= 15 is 0 Å². The summed E-state index contributed by atoms with van der Waals surface area (Å²) in [6, 6.07) is 1.16. The van der Waals surface area contributed by atoms with Crippen LogP contribution in [0.5, 0.6) is 0 Å². The van der Waals surface area contributed by atoms with Crippen molar-refractivity contribution in [3.63, 3.8) is 0 Å². The molecular weight excluding hydrogens is 394 g/mol. The molecule has 2 rings (SSSR count). The van der Waals surface area contributed by atoms with Crippen LogP contribution < -0.4 is 11.5 Å². The molecule has 0 aromatic heterocycles. The molecule has 6 nitrogen and oxygen atoms in total. The molecule has 2 amide bonds. The largest absolute Gasteiger partial charge is 0.416 e. The first-order valence-electron chi connectivity index (χ1n) is 8.01. The van der Waals surface area contributed by atoms with E-state index in [0.717, 1.165) is 11.0 Å². The zero-order valence-electron chi connectivity index (χ0n) is 14.3. The lowest BCUT2D eigenvalue weighted by molar-refractivity contribution is -0.138. The van der Waals surface area contributed by atoms with Gasteiger partial charge in [0.05, 0.1) is 18.0 Å². The van der Waals surface area contributed by atoms with Crippen LogP contribution in [0.2, 0.25) is 0 Å². The number of aliphatic imine (C=N–C) groups is 1. The average molecular weight is 410 g/mol. The van der Waals surface area contributed by atoms with Gasteiger partial charge in [-0.1, -0.05) is 0 Å². The van der Waals surface area contributed by atoms with Crippen molar-refractivity contribution >= 4 is 17.8 Å². The normalized spacial score (nSPS) is 16.9. The van der Waals surface area contributed by atoms with Gasteiger partial charge in [0.1, 0.15) is 0 Å². The summed E-state index contributed by atoms with van der Waals surface area (Å²) in [4.78, 5) is 28.6. The fourth-order valence-corrected chi connectivity index (χ4v) is 2.96. The number of hydrogen-bond donors (Lipinski definition) is 2. The monoisotopic (exact) mass is 410 g/mol. The van der Waals surface area contributed by atoms with E-state index in [2.05, 4.69) is 4.99 Å². The molecule has 4 N–H and O–H groups in total. The van der Waals surface area contributed by atoms with Crippen LogP contribution in [0.1, 0.15) is 46.8 Å². The van der Waals surface area contributed by atoms with Crippen molar-refractivity contribution in [3.8, 4) is 0 Å². The van der Waals surface area contributed by atoms with E-state index in [4.69, 9.17) is 11.5 Å². The Morgan fingerprint density at radius 2 is 1.79 bits per heavy atom. The molecule has 1 heterocycles. The molecule has 0 spiro atoms. The molecule has 154 valence electrons. The SMILES string of the molecule is NC(N)=NC(=O)CC1c2cc(C(F)(F)F)ccc2C(=O)N1CCCC(F)(F)F. The maximum atomic E-state index is 13.0. The second-order valence-corrected chi connectivity index (χ2v) is 6.17. The van der Waals surface area contributed by atoms with Gasteiger partial charge in [-0.05, 0) is 30.2 Å². The maximum absolute atomic E-state index is 13.0. The van der Waals surface area contributed by atoms with E-state index in [9.17, 15) is 35.9 Å². The molecule has 1 aliphatic rings. The maximum Gasteiger partial charge on any atom is 0.416 e. The summed E-state index contributed by atoms with van der Waals surface area (Å²) >= 11 is 0. The Kier molecular flexibility index (Phi) is 5.90. The van der Waals surface area contributed by atoms with Crippen molar-refractivity contribution < 1.29 is 35.9 Å². The Balaban J connectivity index is 2.36. The van der Waals surface area contributed by atoms with Crippen molar-refractivity contribution in [2.75, 3.05) is 6.54 Å². The van der Waals surface area contributed by atoms with Gasteiger partial charge in [0.2, 0.25) is 0 Å². The van der Waals surface area contributed by atoms with Crippen LogP contribution in [0, 0.1) is 0 Å². The summed E-state index contributed by atoms with van der Waals surface area (Å²) in [7, 11) is 0. The van der Waals surface area contributed by atoms with Crippen molar-refractivity contribution in [2.45, 2.75) is 37.7 Å². The van der Waals surface area contributed by atoms with Gasteiger partial charge in [-0.2, -0.15) is 31.3 Å². The Bertz CT molecular complexity index is 799. The van der Waals surface area contributed by atoms with Crippen molar-refractivity contribution in [1.82, 2.24) is 4.90 Å². The fourth-order valence-electron chi connectivity index (χ4n) is 2.96. The van der Waals surface area contributed by atoms with Gasteiger partial charge in [-0.25, -0.2) is 0 Å². The quantitative estimate of drug-likeness (QED) is 0.443. The number of alkyl halides is 6. The third-order valence-corrected chi connectivity index (χ3v) is 4.09. The van der Waals surface area contributed by atoms with Gasteiger partial charge in [-0.3, -0.25) is 9.59 Å². The van der Waals surface area contributed by atoms with Crippen molar-refractivity contribution in [3.05, 3.63) is 34.9 Å². The highest BCUT2D eigenvalue weighted by molar-refractivity contribution is 6.00. The molecule has 0 radical (unpaired) electrons. The Labute approximate surface area is 155 Å². The number of benzene rings is 1. The minimum atomic E-state index is -4.70. The van der Waals surface area contributed by atoms with Crippen LogP contribution >= 0.6 is 0 Å². The standard InChI is InChI=1S/C16H16F6N4O2/c17-15(18,19)4-1-5-26-11(7-12(27)25-14(23)24)10-6-8(16(20,21)22)2-3-9(10)13(26)28/h2-3,6,11H,1,4-5,7H2,(H4,23,24,25,27). The molecule has 1 atom stereocenters. The molecule has 0 fully saturated rings. The zero-order valence-corrected chi connectivity index (χ0v) is 14.3.